The largest absolute Gasteiger partial charge is 0.492 e. The molecular formula is C19H20N2OS. The number of rotatable bonds is 5. The van der Waals surface area contributed by atoms with Crippen molar-refractivity contribution in [3.63, 3.8) is 0 Å². The summed E-state index contributed by atoms with van der Waals surface area (Å²) >= 11 is 1.66. The molecule has 0 fully saturated rings. The second kappa shape index (κ2) is 6.84. The van der Waals surface area contributed by atoms with Gasteiger partial charge >= 0.3 is 0 Å². The second-order valence-corrected chi connectivity index (χ2v) is 6.55. The summed E-state index contributed by atoms with van der Waals surface area (Å²) in [7, 11) is 0. The van der Waals surface area contributed by atoms with Crippen molar-refractivity contribution >= 4 is 22.2 Å². The van der Waals surface area contributed by atoms with Crippen molar-refractivity contribution in [3.8, 4) is 17.0 Å². The number of nitrogens with zero attached hydrogens (tertiary/aromatic N) is 1. The van der Waals surface area contributed by atoms with Gasteiger partial charge in [-0.3, -0.25) is 0 Å². The molecule has 2 aromatic carbocycles. The molecule has 3 nitrogen and oxygen atoms in total. The summed E-state index contributed by atoms with van der Waals surface area (Å²) in [6.07, 6.45) is 0. The van der Waals surface area contributed by atoms with Gasteiger partial charge in [-0.05, 0) is 32.9 Å². The summed E-state index contributed by atoms with van der Waals surface area (Å²) in [5.74, 6) is 0.847. The molecule has 4 heteroatoms. The highest BCUT2D eigenvalue weighted by Crippen LogP contribution is 2.34. The molecule has 118 valence electrons. The quantitative estimate of drug-likeness (QED) is 0.666. The number of aromatic nitrogens is 1. The highest BCUT2D eigenvalue weighted by Gasteiger charge is 2.11. The molecule has 23 heavy (non-hydrogen) atoms. The summed E-state index contributed by atoms with van der Waals surface area (Å²) in [5.41, 5.74) is 4.38. The van der Waals surface area contributed by atoms with Gasteiger partial charge in [0.25, 0.3) is 0 Å². The Labute approximate surface area is 141 Å². The van der Waals surface area contributed by atoms with Crippen molar-refractivity contribution in [1.82, 2.24) is 4.98 Å². The minimum absolute atomic E-state index is 0.643. The van der Waals surface area contributed by atoms with E-state index in [0.29, 0.717) is 6.61 Å². The van der Waals surface area contributed by atoms with Crippen LogP contribution in [0.15, 0.2) is 48.5 Å². The molecule has 0 unspecified atom stereocenters. The first-order valence-electron chi connectivity index (χ1n) is 7.70. The van der Waals surface area contributed by atoms with E-state index >= 15 is 0 Å². The van der Waals surface area contributed by atoms with Gasteiger partial charge in [0, 0.05) is 10.4 Å². The van der Waals surface area contributed by atoms with Crippen LogP contribution in [0.25, 0.3) is 11.3 Å². The topological polar surface area (TPSA) is 34.1 Å². The van der Waals surface area contributed by atoms with Crippen LogP contribution >= 0.6 is 11.3 Å². The normalized spacial score (nSPS) is 10.6. The van der Waals surface area contributed by atoms with Crippen LogP contribution in [0.2, 0.25) is 0 Å². The van der Waals surface area contributed by atoms with Gasteiger partial charge in [0.2, 0.25) is 0 Å². The SMILES string of the molecule is CCOc1ccccc1Nc1nc(-c2ccc(C)cc2)c(C)s1. The van der Waals surface area contributed by atoms with Crippen LogP contribution in [0.1, 0.15) is 17.4 Å². The Morgan fingerprint density at radius 1 is 1.04 bits per heavy atom. The third-order valence-corrected chi connectivity index (χ3v) is 4.44. The van der Waals surface area contributed by atoms with E-state index in [1.54, 1.807) is 11.3 Å². The molecule has 0 aliphatic carbocycles. The van der Waals surface area contributed by atoms with Crippen molar-refractivity contribution in [2.24, 2.45) is 0 Å². The zero-order valence-corrected chi connectivity index (χ0v) is 14.4. The lowest BCUT2D eigenvalue weighted by Gasteiger charge is -2.09. The number of aryl methyl sites for hydroxylation is 2. The van der Waals surface area contributed by atoms with Crippen LogP contribution in [-0.2, 0) is 0 Å². The lowest BCUT2D eigenvalue weighted by atomic mass is 10.1. The van der Waals surface area contributed by atoms with Gasteiger partial charge in [-0.15, -0.1) is 11.3 Å². The highest BCUT2D eigenvalue weighted by molar-refractivity contribution is 7.16. The Kier molecular flexibility index (Phi) is 4.63. The van der Waals surface area contributed by atoms with Gasteiger partial charge in [-0.2, -0.15) is 0 Å². The molecular weight excluding hydrogens is 304 g/mol. The molecule has 0 amide bonds. The molecule has 0 aliphatic heterocycles. The van der Waals surface area contributed by atoms with Crippen LogP contribution in [0.4, 0.5) is 10.8 Å². The molecule has 1 aromatic heterocycles. The van der Waals surface area contributed by atoms with Crippen molar-refractivity contribution in [2.75, 3.05) is 11.9 Å². The molecule has 0 saturated heterocycles. The van der Waals surface area contributed by atoms with Crippen LogP contribution in [0.5, 0.6) is 5.75 Å². The van der Waals surface area contributed by atoms with Crippen molar-refractivity contribution in [2.45, 2.75) is 20.8 Å². The maximum atomic E-state index is 5.66. The number of ether oxygens (including phenoxy) is 1. The van der Waals surface area contributed by atoms with E-state index < -0.39 is 0 Å². The summed E-state index contributed by atoms with van der Waals surface area (Å²) in [6.45, 7) is 6.83. The molecule has 0 radical (unpaired) electrons. The predicted molar refractivity (Wildman–Crippen MR) is 97.9 cm³/mol. The van der Waals surface area contributed by atoms with E-state index in [0.717, 1.165) is 27.8 Å². The van der Waals surface area contributed by atoms with Gasteiger partial charge < -0.3 is 10.1 Å². The smallest absolute Gasteiger partial charge is 0.188 e. The van der Waals surface area contributed by atoms with E-state index in [4.69, 9.17) is 9.72 Å². The molecule has 0 atom stereocenters. The molecule has 3 aromatic rings. The monoisotopic (exact) mass is 324 g/mol. The zero-order chi connectivity index (χ0) is 16.2. The second-order valence-electron chi connectivity index (χ2n) is 5.34. The Bertz CT molecular complexity index is 793. The number of thiazole rings is 1. The highest BCUT2D eigenvalue weighted by atomic mass is 32.1. The third-order valence-electron chi connectivity index (χ3n) is 3.55. The van der Waals surface area contributed by atoms with Crippen molar-refractivity contribution in [3.05, 3.63) is 59.0 Å². The zero-order valence-electron chi connectivity index (χ0n) is 13.6. The Morgan fingerprint density at radius 2 is 1.78 bits per heavy atom. The van der Waals surface area contributed by atoms with E-state index in [9.17, 15) is 0 Å². The molecule has 0 saturated carbocycles. The number of nitrogens with one attached hydrogen (secondary N) is 1. The minimum atomic E-state index is 0.643. The molecule has 0 bridgehead atoms. The average molecular weight is 324 g/mol. The fourth-order valence-corrected chi connectivity index (χ4v) is 3.24. The number of hydrogen-bond acceptors (Lipinski definition) is 4. The van der Waals surface area contributed by atoms with Gasteiger partial charge in [-0.25, -0.2) is 4.98 Å². The van der Waals surface area contributed by atoms with E-state index in [-0.39, 0.29) is 0 Å². The van der Waals surface area contributed by atoms with Gasteiger partial charge in [0.15, 0.2) is 5.13 Å². The summed E-state index contributed by atoms with van der Waals surface area (Å²) < 4.78 is 5.66. The lowest BCUT2D eigenvalue weighted by Crippen LogP contribution is -1.97. The van der Waals surface area contributed by atoms with Gasteiger partial charge in [-0.1, -0.05) is 42.0 Å². The van der Waals surface area contributed by atoms with Crippen LogP contribution in [0.3, 0.4) is 0 Å². The van der Waals surface area contributed by atoms with Crippen molar-refractivity contribution in [1.29, 1.82) is 0 Å². The maximum absolute atomic E-state index is 5.66. The summed E-state index contributed by atoms with van der Waals surface area (Å²) in [4.78, 5) is 5.96. The Morgan fingerprint density at radius 3 is 2.52 bits per heavy atom. The first-order valence-corrected chi connectivity index (χ1v) is 8.52. The fraction of sp³-hybridized carbons (Fsp3) is 0.211. The average Bonchev–Trinajstić information content (AvgIpc) is 2.91. The fourth-order valence-electron chi connectivity index (χ4n) is 2.40. The van der Waals surface area contributed by atoms with E-state index in [2.05, 4.69) is 43.4 Å². The van der Waals surface area contributed by atoms with Crippen LogP contribution in [0, 0.1) is 13.8 Å². The predicted octanol–water partition coefficient (Wildman–Crippen LogP) is 5.57. The molecule has 1 heterocycles. The van der Waals surface area contributed by atoms with E-state index in [1.807, 2.05) is 31.2 Å². The number of hydrogen-bond donors (Lipinski definition) is 1. The standard InChI is InChI=1S/C19H20N2OS/c1-4-22-17-8-6-5-7-16(17)20-19-21-18(14(3)23-19)15-11-9-13(2)10-12-15/h5-12H,4H2,1-3H3,(H,20,21). The minimum Gasteiger partial charge on any atom is -0.492 e. The first kappa shape index (κ1) is 15.6. The molecule has 0 aliphatic rings. The maximum Gasteiger partial charge on any atom is 0.188 e. The lowest BCUT2D eigenvalue weighted by molar-refractivity contribution is 0.342. The van der Waals surface area contributed by atoms with E-state index in [1.165, 1.54) is 10.4 Å². The van der Waals surface area contributed by atoms with Gasteiger partial charge in [0.05, 0.1) is 18.0 Å². The number of para-hydroxylation sites is 2. The van der Waals surface area contributed by atoms with Gasteiger partial charge in [0.1, 0.15) is 5.75 Å². The molecule has 0 spiro atoms. The summed E-state index contributed by atoms with van der Waals surface area (Å²) in [6, 6.07) is 16.4. The van der Waals surface area contributed by atoms with Crippen LogP contribution in [-0.4, -0.2) is 11.6 Å². The molecule has 1 N–H and O–H groups in total. The van der Waals surface area contributed by atoms with Crippen molar-refractivity contribution < 1.29 is 4.74 Å². The summed E-state index contributed by atoms with van der Waals surface area (Å²) in [5, 5.41) is 4.26. The Balaban J connectivity index is 1.88. The Hall–Kier alpha value is -2.33. The number of benzene rings is 2. The van der Waals surface area contributed by atoms with Crippen LogP contribution < -0.4 is 10.1 Å². The molecule has 3 rings (SSSR count). The number of anilines is 2. The first-order chi connectivity index (χ1) is 11.2. The third kappa shape index (κ3) is 3.54.